The quantitative estimate of drug-likeness (QED) is 0.853. The molecular weight excluding hydrogens is 272 g/mol. The van der Waals surface area contributed by atoms with Gasteiger partial charge >= 0.3 is 12.0 Å². The summed E-state index contributed by atoms with van der Waals surface area (Å²) in [5.41, 5.74) is -0.787. The number of rotatable bonds is 5. The van der Waals surface area contributed by atoms with Crippen molar-refractivity contribution in [2.24, 2.45) is 5.41 Å². The van der Waals surface area contributed by atoms with Gasteiger partial charge in [-0.15, -0.1) is 0 Å². The number of amides is 2. The first kappa shape index (κ1) is 15.3. The summed E-state index contributed by atoms with van der Waals surface area (Å²) in [6.45, 7) is 5.18. The van der Waals surface area contributed by atoms with Crippen LogP contribution in [0.15, 0.2) is 18.7 Å². The lowest BCUT2D eigenvalue weighted by molar-refractivity contribution is -0.148. The van der Waals surface area contributed by atoms with Crippen LogP contribution in [0, 0.1) is 5.41 Å². The first-order valence-corrected chi connectivity index (χ1v) is 7.21. The van der Waals surface area contributed by atoms with Crippen molar-refractivity contribution in [2.75, 3.05) is 13.1 Å². The highest BCUT2D eigenvalue weighted by molar-refractivity contribution is 5.79. The number of urea groups is 1. The maximum Gasteiger partial charge on any atom is 0.317 e. The molecule has 21 heavy (non-hydrogen) atoms. The van der Waals surface area contributed by atoms with E-state index in [1.165, 1.54) is 0 Å². The number of hydrogen-bond donors (Lipinski definition) is 2. The summed E-state index contributed by atoms with van der Waals surface area (Å²) in [6, 6.07) is -0.243. The van der Waals surface area contributed by atoms with E-state index in [1.807, 2.05) is 24.6 Å². The molecule has 2 amide bonds. The van der Waals surface area contributed by atoms with E-state index in [9.17, 15) is 14.7 Å². The zero-order valence-corrected chi connectivity index (χ0v) is 12.5. The fraction of sp³-hybridized carbons (Fsp3) is 0.643. The summed E-state index contributed by atoms with van der Waals surface area (Å²) >= 11 is 0. The van der Waals surface area contributed by atoms with E-state index in [0.29, 0.717) is 25.9 Å². The van der Waals surface area contributed by atoms with Gasteiger partial charge in [-0.1, -0.05) is 6.92 Å². The number of carboxylic acids is 1. The van der Waals surface area contributed by atoms with E-state index in [2.05, 4.69) is 10.3 Å². The van der Waals surface area contributed by atoms with E-state index >= 15 is 0 Å². The Morgan fingerprint density at radius 2 is 2.29 bits per heavy atom. The highest BCUT2D eigenvalue weighted by Crippen LogP contribution is 2.34. The average molecular weight is 294 g/mol. The number of hydrogen-bond acceptors (Lipinski definition) is 3. The van der Waals surface area contributed by atoms with Crippen LogP contribution < -0.4 is 5.32 Å². The van der Waals surface area contributed by atoms with E-state index in [-0.39, 0.29) is 18.6 Å². The molecule has 7 heteroatoms. The Kier molecular flexibility index (Phi) is 4.50. The highest BCUT2D eigenvalue weighted by Gasteiger charge is 2.44. The van der Waals surface area contributed by atoms with Crippen LogP contribution >= 0.6 is 0 Å². The largest absolute Gasteiger partial charge is 0.481 e. The van der Waals surface area contributed by atoms with E-state index in [1.54, 1.807) is 17.4 Å². The zero-order chi connectivity index (χ0) is 15.5. The Balaban J connectivity index is 1.88. The van der Waals surface area contributed by atoms with E-state index < -0.39 is 11.4 Å². The average Bonchev–Trinajstić information content (AvgIpc) is 3.07. The maximum atomic E-state index is 12.2. The molecule has 0 aromatic carbocycles. The fourth-order valence-corrected chi connectivity index (χ4v) is 2.72. The van der Waals surface area contributed by atoms with Crippen LogP contribution in [0.1, 0.15) is 26.7 Å². The second-order valence-electron chi connectivity index (χ2n) is 5.72. The number of carbonyl (C=O) groups is 2. The van der Waals surface area contributed by atoms with Crippen molar-refractivity contribution in [3.05, 3.63) is 18.7 Å². The van der Waals surface area contributed by atoms with Gasteiger partial charge in [0.1, 0.15) is 0 Å². The van der Waals surface area contributed by atoms with Gasteiger partial charge in [-0.3, -0.25) is 4.79 Å². The molecule has 0 aliphatic carbocycles. The molecule has 1 saturated heterocycles. The molecule has 1 aromatic heterocycles. The lowest BCUT2D eigenvalue weighted by atomic mass is 9.84. The Bertz CT molecular complexity index is 502. The van der Waals surface area contributed by atoms with Gasteiger partial charge in [0.25, 0.3) is 0 Å². The van der Waals surface area contributed by atoms with Crippen molar-refractivity contribution < 1.29 is 14.7 Å². The van der Waals surface area contributed by atoms with Crippen LogP contribution in [0.2, 0.25) is 0 Å². The molecular formula is C14H22N4O3. The van der Waals surface area contributed by atoms with Gasteiger partial charge in [-0.2, -0.15) is 0 Å². The molecule has 1 aromatic rings. The minimum absolute atomic E-state index is 0.0480. The standard InChI is InChI=1S/C14H22N4O3/c1-3-14(12(19)20)4-6-18(9-14)13(21)16-11(2)8-17-7-5-15-10-17/h5,7,10-11H,3-4,6,8-9H2,1-2H3,(H,16,21)(H,19,20). The summed E-state index contributed by atoms with van der Waals surface area (Å²) in [6.07, 6.45) is 6.28. The Morgan fingerprint density at radius 3 is 2.81 bits per heavy atom. The molecule has 0 saturated carbocycles. The summed E-state index contributed by atoms with van der Waals surface area (Å²) in [4.78, 5) is 29.2. The SMILES string of the molecule is CCC1(C(=O)O)CCN(C(=O)NC(C)Cn2ccnc2)C1. The van der Waals surface area contributed by atoms with Gasteiger partial charge in [-0.25, -0.2) is 9.78 Å². The number of imidazole rings is 1. The summed E-state index contributed by atoms with van der Waals surface area (Å²) in [5, 5.41) is 12.3. The minimum Gasteiger partial charge on any atom is -0.481 e. The normalized spacial score (nSPS) is 23.0. The molecule has 0 bridgehead atoms. The number of carbonyl (C=O) groups excluding carboxylic acids is 1. The van der Waals surface area contributed by atoms with Crippen molar-refractivity contribution >= 4 is 12.0 Å². The topological polar surface area (TPSA) is 87.5 Å². The molecule has 0 spiro atoms. The third-order valence-corrected chi connectivity index (χ3v) is 4.19. The number of nitrogens with one attached hydrogen (secondary N) is 1. The zero-order valence-electron chi connectivity index (χ0n) is 12.5. The minimum atomic E-state index is -0.813. The Morgan fingerprint density at radius 1 is 1.52 bits per heavy atom. The first-order valence-electron chi connectivity index (χ1n) is 7.21. The lowest BCUT2D eigenvalue weighted by Gasteiger charge is -2.24. The van der Waals surface area contributed by atoms with Crippen molar-refractivity contribution in [1.29, 1.82) is 0 Å². The maximum absolute atomic E-state index is 12.2. The molecule has 0 radical (unpaired) electrons. The molecule has 1 aliphatic heterocycles. The number of carboxylic acid groups (broad SMARTS) is 1. The number of likely N-dealkylation sites (tertiary alicyclic amines) is 1. The molecule has 7 nitrogen and oxygen atoms in total. The van der Waals surface area contributed by atoms with Gasteiger partial charge in [0, 0.05) is 38.1 Å². The molecule has 2 N–H and O–H groups in total. The van der Waals surface area contributed by atoms with E-state index in [0.717, 1.165) is 0 Å². The van der Waals surface area contributed by atoms with Gasteiger partial charge in [0.05, 0.1) is 11.7 Å². The predicted octanol–water partition coefficient (Wildman–Crippen LogP) is 1.17. The number of aromatic nitrogens is 2. The molecule has 2 heterocycles. The summed E-state index contributed by atoms with van der Waals surface area (Å²) in [7, 11) is 0. The molecule has 1 aliphatic rings. The lowest BCUT2D eigenvalue weighted by Crippen LogP contribution is -2.45. The van der Waals surface area contributed by atoms with Gasteiger partial charge < -0.3 is 19.9 Å². The van der Waals surface area contributed by atoms with Gasteiger partial charge in [0.2, 0.25) is 0 Å². The second-order valence-corrected chi connectivity index (χ2v) is 5.72. The van der Waals surface area contributed by atoms with Crippen LogP contribution in [0.25, 0.3) is 0 Å². The van der Waals surface area contributed by atoms with Crippen LogP contribution in [0.3, 0.4) is 0 Å². The van der Waals surface area contributed by atoms with Crippen molar-refractivity contribution in [3.8, 4) is 0 Å². The molecule has 2 atom stereocenters. The first-order chi connectivity index (χ1) is 9.97. The molecule has 2 rings (SSSR count). The van der Waals surface area contributed by atoms with Crippen molar-refractivity contribution in [1.82, 2.24) is 19.8 Å². The number of nitrogens with zero attached hydrogens (tertiary/aromatic N) is 3. The molecule has 1 fully saturated rings. The van der Waals surface area contributed by atoms with Crippen LogP contribution in [-0.2, 0) is 11.3 Å². The monoisotopic (exact) mass is 294 g/mol. The van der Waals surface area contributed by atoms with E-state index in [4.69, 9.17) is 0 Å². The Labute approximate surface area is 124 Å². The Hall–Kier alpha value is -2.05. The van der Waals surface area contributed by atoms with Crippen LogP contribution in [0.5, 0.6) is 0 Å². The molecule has 2 unspecified atom stereocenters. The predicted molar refractivity (Wildman–Crippen MR) is 76.8 cm³/mol. The highest BCUT2D eigenvalue weighted by atomic mass is 16.4. The smallest absolute Gasteiger partial charge is 0.317 e. The summed E-state index contributed by atoms with van der Waals surface area (Å²) in [5.74, 6) is -0.813. The van der Waals surface area contributed by atoms with Gasteiger partial charge in [-0.05, 0) is 19.8 Å². The summed E-state index contributed by atoms with van der Waals surface area (Å²) < 4.78 is 1.89. The third kappa shape index (κ3) is 3.34. The van der Waals surface area contributed by atoms with Crippen molar-refractivity contribution in [2.45, 2.75) is 39.3 Å². The van der Waals surface area contributed by atoms with Crippen molar-refractivity contribution in [3.63, 3.8) is 0 Å². The number of aliphatic carboxylic acids is 1. The van der Waals surface area contributed by atoms with Gasteiger partial charge in [0.15, 0.2) is 0 Å². The second kappa shape index (κ2) is 6.15. The van der Waals surface area contributed by atoms with Crippen LogP contribution in [0.4, 0.5) is 4.79 Å². The third-order valence-electron chi connectivity index (χ3n) is 4.19. The fourth-order valence-electron chi connectivity index (χ4n) is 2.72. The molecule has 116 valence electrons. The van der Waals surface area contributed by atoms with Crippen LogP contribution in [-0.4, -0.2) is 50.7 Å².